The molecule has 0 aliphatic heterocycles. The van der Waals surface area contributed by atoms with Crippen molar-refractivity contribution in [3.05, 3.63) is 24.1 Å². The third kappa shape index (κ3) is 8.38. The number of rotatable bonds is 8. The van der Waals surface area contributed by atoms with Crippen LogP contribution in [0.2, 0.25) is 0 Å². The van der Waals surface area contributed by atoms with Crippen LogP contribution < -0.4 is 0 Å². The van der Waals surface area contributed by atoms with Gasteiger partial charge >= 0.3 is 0 Å². The Morgan fingerprint density at radius 3 is 2.57 bits per heavy atom. The fourth-order valence-electron chi connectivity index (χ4n) is 0.808. The average Bonchev–Trinajstić information content (AvgIpc) is 2.15. The van der Waals surface area contributed by atoms with Gasteiger partial charge in [-0.05, 0) is 11.8 Å². The number of hydrogen-bond donors (Lipinski definition) is 0. The van der Waals surface area contributed by atoms with E-state index in [9.17, 15) is 8.42 Å². The zero-order valence-corrected chi connectivity index (χ0v) is 10.2. The molecule has 0 aromatic heterocycles. The minimum Gasteiger partial charge on any atom is -0.259 e. The van der Waals surface area contributed by atoms with E-state index < -0.39 is 21.6 Å². The Morgan fingerprint density at radius 1 is 1.29 bits per heavy atom. The molecular formula is C10H18O2S2. The summed E-state index contributed by atoms with van der Waals surface area (Å²) in [6.07, 6.45) is 5.41. The summed E-state index contributed by atoms with van der Waals surface area (Å²) in [7, 11) is -1.76. The highest BCUT2D eigenvalue weighted by molar-refractivity contribution is 7.88. The molecule has 0 N–H and O–H groups in total. The molecule has 0 saturated heterocycles. The van der Waals surface area contributed by atoms with Crippen LogP contribution in [0.3, 0.4) is 0 Å². The van der Waals surface area contributed by atoms with E-state index in [2.05, 4.69) is 13.5 Å². The first-order valence-corrected chi connectivity index (χ1v) is 7.57. The molecule has 4 heteroatoms. The molecule has 0 amide bonds. The van der Waals surface area contributed by atoms with Gasteiger partial charge in [0.15, 0.2) is 0 Å². The van der Waals surface area contributed by atoms with E-state index in [0.29, 0.717) is 17.3 Å². The lowest BCUT2D eigenvalue weighted by Gasteiger charge is -1.94. The molecule has 0 aromatic rings. The molecule has 2 atom stereocenters. The zero-order valence-electron chi connectivity index (χ0n) is 8.61. The lowest BCUT2D eigenvalue weighted by Crippen LogP contribution is -1.98. The van der Waals surface area contributed by atoms with Gasteiger partial charge in [-0.1, -0.05) is 25.5 Å². The van der Waals surface area contributed by atoms with Crippen molar-refractivity contribution in [2.75, 3.05) is 17.3 Å². The third-order valence-corrected chi connectivity index (χ3v) is 3.89. The molecule has 2 nitrogen and oxygen atoms in total. The van der Waals surface area contributed by atoms with E-state index in [1.165, 1.54) is 0 Å². The van der Waals surface area contributed by atoms with Crippen LogP contribution in [0.15, 0.2) is 24.1 Å². The standard InChI is InChI=1S/C10H18O2S2/c1-3-5-8-14(12)10-6-9-13(11)7-4-2/h4,6,10H,2-3,5,7-9H2,1H3/b10-6-. The highest BCUT2D eigenvalue weighted by Crippen LogP contribution is 1.94. The maximum Gasteiger partial charge on any atom is 0.0453 e. The van der Waals surface area contributed by atoms with Gasteiger partial charge in [-0.25, -0.2) is 0 Å². The van der Waals surface area contributed by atoms with Crippen molar-refractivity contribution < 1.29 is 8.42 Å². The minimum atomic E-state index is -0.881. The summed E-state index contributed by atoms with van der Waals surface area (Å²) >= 11 is 0. The number of unbranched alkanes of at least 4 members (excludes halogenated alkanes) is 1. The van der Waals surface area contributed by atoms with Crippen molar-refractivity contribution in [2.24, 2.45) is 0 Å². The molecule has 82 valence electrons. The summed E-state index contributed by atoms with van der Waals surface area (Å²) in [6.45, 7) is 5.58. The van der Waals surface area contributed by atoms with Crippen LogP contribution in [0, 0.1) is 0 Å². The molecule has 0 aliphatic carbocycles. The molecule has 14 heavy (non-hydrogen) atoms. The van der Waals surface area contributed by atoms with Crippen LogP contribution in [0.25, 0.3) is 0 Å². The second-order valence-electron chi connectivity index (χ2n) is 2.87. The van der Waals surface area contributed by atoms with E-state index in [0.717, 1.165) is 12.8 Å². The molecule has 0 aromatic carbocycles. The molecule has 0 bridgehead atoms. The SMILES string of the molecule is C=CCS(=O)C/C=C\S(=O)CCCC. The highest BCUT2D eigenvalue weighted by Gasteiger charge is 1.94. The van der Waals surface area contributed by atoms with Gasteiger partial charge in [-0.2, -0.15) is 0 Å². The maximum atomic E-state index is 11.2. The predicted molar refractivity (Wildman–Crippen MR) is 65.1 cm³/mol. The lowest BCUT2D eigenvalue weighted by molar-refractivity contribution is 0.685. The summed E-state index contributed by atoms with van der Waals surface area (Å²) in [5.74, 6) is 1.69. The summed E-state index contributed by atoms with van der Waals surface area (Å²) in [6, 6.07) is 0. The quantitative estimate of drug-likeness (QED) is 0.602. The van der Waals surface area contributed by atoms with Gasteiger partial charge < -0.3 is 0 Å². The third-order valence-electron chi connectivity index (χ3n) is 1.53. The first-order chi connectivity index (χ1) is 6.70. The Morgan fingerprint density at radius 2 is 2.00 bits per heavy atom. The lowest BCUT2D eigenvalue weighted by atomic mass is 10.4. The van der Waals surface area contributed by atoms with E-state index >= 15 is 0 Å². The molecule has 0 radical (unpaired) electrons. The minimum absolute atomic E-state index is 0.476. The van der Waals surface area contributed by atoms with Gasteiger partial charge in [0.05, 0.1) is 0 Å². The van der Waals surface area contributed by atoms with E-state index in [4.69, 9.17) is 0 Å². The van der Waals surface area contributed by atoms with Crippen molar-refractivity contribution >= 4 is 21.6 Å². The Bertz CT molecular complexity index is 234. The maximum absolute atomic E-state index is 11.2. The first kappa shape index (κ1) is 13.8. The monoisotopic (exact) mass is 234 g/mol. The largest absolute Gasteiger partial charge is 0.259 e. The molecule has 0 spiro atoms. The zero-order chi connectivity index (χ0) is 10.8. The van der Waals surface area contributed by atoms with Crippen LogP contribution in [-0.4, -0.2) is 25.7 Å². The fraction of sp³-hybridized carbons (Fsp3) is 0.600. The van der Waals surface area contributed by atoms with Gasteiger partial charge in [0, 0.05) is 38.9 Å². The summed E-state index contributed by atoms with van der Waals surface area (Å²) < 4.78 is 22.4. The fourth-order valence-corrected chi connectivity index (χ4v) is 2.66. The first-order valence-electron chi connectivity index (χ1n) is 4.70. The molecule has 0 aliphatic rings. The van der Waals surface area contributed by atoms with Gasteiger partial charge in [-0.15, -0.1) is 6.58 Å². The Labute approximate surface area is 91.4 Å². The Balaban J connectivity index is 3.65. The van der Waals surface area contributed by atoms with Crippen LogP contribution in [-0.2, 0) is 21.6 Å². The second-order valence-corrected chi connectivity index (χ2v) is 5.86. The topological polar surface area (TPSA) is 34.1 Å². The molecule has 0 heterocycles. The van der Waals surface area contributed by atoms with Crippen molar-refractivity contribution in [1.29, 1.82) is 0 Å². The Kier molecular flexibility index (Phi) is 9.19. The van der Waals surface area contributed by atoms with E-state index in [1.807, 2.05) is 0 Å². The number of hydrogen-bond acceptors (Lipinski definition) is 2. The Hall–Kier alpha value is -0.220. The molecule has 0 rings (SSSR count). The summed E-state index contributed by atoms with van der Waals surface area (Å²) in [5, 5.41) is 1.65. The second kappa shape index (κ2) is 9.34. The molecule has 0 fully saturated rings. The average molecular weight is 234 g/mol. The van der Waals surface area contributed by atoms with Crippen LogP contribution in [0.4, 0.5) is 0 Å². The van der Waals surface area contributed by atoms with Gasteiger partial charge in [0.2, 0.25) is 0 Å². The van der Waals surface area contributed by atoms with Crippen molar-refractivity contribution in [3.8, 4) is 0 Å². The molecular weight excluding hydrogens is 216 g/mol. The molecule has 0 saturated carbocycles. The summed E-state index contributed by atoms with van der Waals surface area (Å²) in [5.41, 5.74) is 0. The normalized spacial score (nSPS) is 15.5. The smallest absolute Gasteiger partial charge is 0.0453 e. The predicted octanol–water partition coefficient (Wildman–Crippen LogP) is 1.98. The van der Waals surface area contributed by atoms with Crippen molar-refractivity contribution in [1.82, 2.24) is 0 Å². The van der Waals surface area contributed by atoms with Gasteiger partial charge in [-0.3, -0.25) is 8.42 Å². The van der Waals surface area contributed by atoms with Crippen LogP contribution in [0.1, 0.15) is 19.8 Å². The van der Waals surface area contributed by atoms with Gasteiger partial charge in [0.1, 0.15) is 0 Å². The van der Waals surface area contributed by atoms with Crippen LogP contribution in [0.5, 0.6) is 0 Å². The summed E-state index contributed by atoms with van der Waals surface area (Å²) in [4.78, 5) is 0. The van der Waals surface area contributed by atoms with Gasteiger partial charge in [0.25, 0.3) is 0 Å². The van der Waals surface area contributed by atoms with Crippen molar-refractivity contribution in [3.63, 3.8) is 0 Å². The highest BCUT2D eigenvalue weighted by atomic mass is 32.2. The van der Waals surface area contributed by atoms with Crippen LogP contribution >= 0.6 is 0 Å². The van der Waals surface area contributed by atoms with Crippen molar-refractivity contribution in [2.45, 2.75) is 19.8 Å². The van der Waals surface area contributed by atoms with E-state index in [1.54, 1.807) is 17.6 Å². The van der Waals surface area contributed by atoms with E-state index in [-0.39, 0.29) is 0 Å². The molecule has 2 unspecified atom stereocenters.